The van der Waals surface area contributed by atoms with Crippen molar-refractivity contribution in [3.8, 4) is 33.4 Å². The highest BCUT2D eigenvalue weighted by Crippen LogP contribution is 2.28. The van der Waals surface area contributed by atoms with E-state index in [-0.39, 0.29) is 0 Å². The monoisotopic (exact) mass is 474 g/mol. The van der Waals surface area contributed by atoms with Crippen molar-refractivity contribution in [2.45, 2.75) is 78.1 Å². The Bertz CT molecular complexity index is 1050. The molecule has 0 saturated heterocycles. The second-order valence-electron chi connectivity index (χ2n) is 10.2. The Morgan fingerprint density at radius 3 is 0.806 bits per heavy atom. The second kappa shape index (κ2) is 13.8. The minimum Gasteiger partial charge on any atom is -0.0654 e. The number of hydrogen-bond acceptors (Lipinski definition) is 0. The van der Waals surface area contributed by atoms with Crippen LogP contribution in [0.1, 0.15) is 76.3 Å². The van der Waals surface area contributed by atoms with Crippen molar-refractivity contribution >= 4 is 0 Å². The number of rotatable bonds is 13. The molecule has 4 rings (SSSR count). The van der Waals surface area contributed by atoms with Gasteiger partial charge in [0.25, 0.3) is 0 Å². The first-order chi connectivity index (χ1) is 17.8. The Labute approximate surface area is 219 Å². The molecule has 0 bridgehead atoms. The zero-order valence-corrected chi connectivity index (χ0v) is 22.3. The summed E-state index contributed by atoms with van der Waals surface area (Å²) >= 11 is 0. The van der Waals surface area contributed by atoms with Gasteiger partial charge in [0.05, 0.1) is 0 Å². The van der Waals surface area contributed by atoms with E-state index < -0.39 is 0 Å². The van der Waals surface area contributed by atoms with Gasteiger partial charge in [-0.3, -0.25) is 0 Å². The maximum Gasteiger partial charge on any atom is -0.0184 e. The molecule has 0 amide bonds. The summed E-state index contributed by atoms with van der Waals surface area (Å²) in [5.41, 5.74) is 10.6. The van der Waals surface area contributed by atoms with Gasteiger partial charge in [-0.05, 0) is 70.2 Å². The molecule has 4 aromatic rings. The van der Waals surface area contributed by atoms with Gasteiger partial charge in [0.1, 0.15) is 0 Å². The lowest BCUT2D eigenvalue weighted by Crippen LogP contribution is -1.87. The highest BCUT2D eigenvalue weighted by Gasteiger charge is 2.04. The zero-order chi connectivity index (χ0) is 25.0. The van der Waals surface area contributed by atoms with Gasteiger partial charge in [0.15, 0.2) is 0 Å². The van der Waals surface area contributed by atoms with Gasteiger partial charge >= 0.3 is 0 Å². The van der Waals surface area contributed by atoms with E-state index >= 15 is 0 Å². The van der Waals surface area contributed by atoms with Crippen LogP contribution in [0.4, 0.5) is 0 Å². The van der Waals surface area contributed by atoms with Gasteiger partial charge in [0.2, 0.25) is 0 Å². The topological polar surface area (TPSA) is 0 Å². The van der Waals surface area contributed by atoms with Crippen LogP contribution in [0.2, 0.25) is 0 Å². The predicted octanol–water partition coefficient (Wildman–Crippen LogP) is 10.9. The second-order valence-corrected chi connectivity index (χ2v) is 10.2. The average molecular weight is 475 g/mol. The van der Waals surface area contributed by atoms with Crippen molar-refractivity contribution in [2.24, 2.45) is 0 Å². The van der Waals surface area contributed by atoms with E-state index in [9.17, 15) is 0 Å². The Kier molecular flexibility index (Phi) is 9.97. The Morgan fingerprint density at radius 1 is 0.306 bits per heavy atom. The van der Waals surface area contributed by atoms with E-state index in [4.69, 9.17) is 0 Å². The van der Waals surface area contributed by atoms with Crippen molar-refractivity contribution in [3.05, 3.63) is 108 Å². The Balaban J connectivity index is 1.35. The van der Waals surface area contributed by atoms with Crippen molar-refractivity contribution in [1.82, 2.24) is 0 Å². The van der Waals surface area contributed by atoms with Crippen molar-refractivity contribution in [3.63, 3.8) is 0 Å². The molecule has 0 aliphatic rings. The maximum absolute atomic E-state index is 2.30. The molecule has 0 nitrogen and oxygen atoms in total. The van der Waals surface area contributed by atoms with Crippen LogP contribution < -0.4 is 0 Å². The van der Waals surface area contributed by atoms with Crippen LogP contribution in [-0.4, -0.2) is 0 Å². The molecule has 0 saturated carbocycles. The molecule has 0 aliphatic heterocycles. The Hall–Kier alpha value is -3.12. The van der Waals surface area contributed by atoms with Crippen LogP contribution in [0.25, 0.3) is 33.4 Å². The third kappa shape index (κ3) is 7.44. The fourth-order valence-electron chi connectivity index (χ4n) is 4.95. The molecule has 4 aromatic carbocycles. The summed E-state index contributed by atoms with van der Waals surface area (Å²) in [4.78, 5) is 0. The lowest BCUT2D eigenvalue weighted by Gasteiger charge is -2.08. The lowest BCUT2D eigenvalue weighted by atomic mass is 9.96. The van der Waals surface area contributed by atoms with Crippen LogP contribution in [-0.2, 0) is 12.8 Å². The molecule has 0 heteroatoms. The molecular weight excluding hydrogens is 432 g/mol. The van der Waals surface area contributed by atoms with Gasteiger partial charge in [0, 0.05) is 0 Å². The first-order valence-electron chi connectivity index (χ1n) is 14.2. The SMILES string of the molecule is CCCCCCc1ccc(-c2ccc(-c3ccc(-c4ccc(CCCCCC)cc4)cc3)cc2)cc1. The number of hydrogen-bond donors (Lipinski definition) is 0. The average Bonchev–Trinajstić information content (AvgIpc) is 2.94. The first-order valence-corrected chi connectivity index (χ1v) is 14.2. The van der Waals surface area contributed by atoms with Crippen molar-refractivity contribution < 1.29 is 0 Å². The highest BCUT2D eigenvalue weighted by atomic mass is 14.1. The van der Waals surface area contributed by atoms with E-state index in [0.717, 1.165) is 0 Å². The van der Waals surface area contributed by atoms with Crippen LogP contribution in [0, 0.1) is 0 Å². The van der Waals surface area contributed by atoms with Gasteiger partial charge in [-0.2, -0.15) is 0 Å². The molecule has 0 aromatic heterocycles. The number of benzene rings is 4. The molecule has 36 heavy (non-hydrogen) atoms. The van der Waals surface area contributed by atoms with E-state index in [2.05, 4.69) is 111 Å². The normalized spacial score (nSPS) is 11.1. The van der Waals surface area contributed by atoms with Crippen LogP contribution in [0.5, 0.6) is 0 Å². The molecule has 0 unspecified atom stereocenters. The molecule has 186 valence electrons. The highest BCUT2D eigenvalue weighted by molar-refractivity contribution is 5.73. The summed E-state index contributed by atoms with van der Waals surface area (Å²) in [6.45, 7) is 4.54. The summed E-state index contributed by atoms with van der Waals surface area (Å²) in [7, 11) is 0. The molecule has 0 atom stereocenters. The van der Waals surface area contributed by atoms with Crippen molar-refractivity contribution in [2.75, 3.05) is 0 Å². The van der Waals surface area contributed by atoms with Crippen LogP contribution in [0.15, 0.2) is 97.1 Å². The zero-order valence-electron chi connectivity index (χ0n) is 22.3. The summed E-state index contributed by atoms with van der Waals surface area (Å²) in [6.07, 6.45) is 12.9. The van der Waals surface area contributed by atoms with Gasteiger partial charge in [-0.1, -0.05) is 149 Å². The molecule has 0 aliphatic carbocycles. The maximum atomic E-state index is 2.30. The van der Waals surface area contributed by atoms with E-state index in [1.165, 1.54) is 109 Å². The molecule has 0 spiro atoms. The smallest absolute Gasteiger partial charge is 0.0184 e. The van der Waals surface area contributed by atoms with Gasteiger partial charge in [-0.15, -0.1) is 0 Å². The quantitative estimate of drug-likeness (QED) is 0.169. The van der Waals surface area contributed by atoms with Crippen LogP contribution >= 0.6 is 0 Å². The van der Waals surface area contributed by atoms with Crippen LogP contribution in [0.3, 0.4) is 0 Å². The molecule has 0 fully saturated rings. The molecular formula is C36H42. The van der Waals surface area contributed by atoms with Gasteiger partial charge in [-0.25, -0.2) is 0 Å². The molecule has 0 radical (unpaired) electrons. The largest absolute Gasteiger partial charge is 0.0654 e. The predicted molar refractivity (Wildman–Crippen MR) is 158 cm³/mol. The fourth-order valence-corrected chi connectivity index (χ4v) is 4.95. The number of unbranched alkanes of at least 4 members (excludes halogenated alkanes) is 6. The summed E-state index contributed by atoms with van der Waals surface area (Å²) in [5.74, 6) is 0. The fraction of sp³-hybridized carbons (Fsp3) is 0.333. The van der Waals surface area contributed by atoms with E-state index in [1.54, 1.807) is 0 Å². The summed E-state index contributed by atoms with van der Waals surface area (Å²) in [5, 5.41) is 0. The lowest BCUT2D eigenvalue weighted by molar-refractivity contribution is 0.667. The first kappa shape index (κ1) is 26.0. The standard InChI is InChI=1S/C36H42/c1-3-5-7-9-11-29-13-17-31(18-14-29)33-21-25-35(26-22-33)36-27-23-34(24-28-36)32-19-15-30(16-20-32)12-10-8-6-4-2/h13-28H,3-12H2,1-2H3. The Morgan fingerprint density at radius 2 is 0.556 bits per heavy atom. The summed E-state index contributed by atoms with van der Waals surface area (Å²) < 4.78 is 0. The van der Waals surface area contributed by atoms with E-state index in [1.807, 2.05) is 0 Å². The van der Waals surface area contributed by atoms with Gasteiger partial charge < -0.3 is 0 Å². The van der Waals surface area contributed by atoms with E-state index in [0.29, 0.717) is 0 Å². The number of aryl methyl sites for hydroxylation is 2. The third-order valence-corrected chi connectivity index (χ3v) is 7.32. The minimum absolute atomic E-state index is 1.19. The minimum atomic E-state index is 1.19. The van der Waals surface area contributed by atoms with Crippen molar-refractivity contribution in [1.29, 1.82) is 0 Å². The molecule has 0 heterocycles. The third-order valence-electron chi connectivity index (χ3n) is 7.32. The summed E-state index contributed by atoms with van der Waals surface area (Å²) in [6, 6.07) is 36.3. The molecule has 0 N–H and O–H groups in total.